The fraction of sp³-hybridized carbons (Fsp3) is 0.600. The zero-order chi connectivity index (χ0) is 11.9. The Kier molecular flexibility index (Phi) is 5.02. The number of piperidine rings is 1. The number of benzene rings is 1. The molecule has 1 heterocycles. The molecule has 1 fully saturated rings. The normalized spacial score (nSPS) is 20.4. The number of aryl methyl sites for hydroxylation is 1. The van der Waals surface area contributed by atoms with E-state index in [1.807, 2.05) is 0 Å². The second-order valence-corrected chi connectivity index (χ2v) is 4.99. The van der Waals surface area contributed by atoms with Crippen molar-refractivity contribution in [2.24, 2.45) is 0 Å². The van der Waals surface area contributed by atoms with Crippen molar-refractivity contribution in [3.8, 4) is 0 Å². The van der Waals surface area contributed by atoms with E-state index in [9.17, 15) is 0 Å². The van der Waals surface area contributed by atoms with Gasteiger partial charge >= 0.3 is 0 Å². The smallest absolute Gasteiger partial charge is 0.0434 e. The maximum Gasteiger partial charge on any atom is 0.0434 e. The Morgan fingerprint density at radius 2 is 1.88 bits per heavy atom. The molecule has 0 aliphatic carbocycles. The lowest BCUT2D eigenvalue weighted by atomic mass is 9.97. The Labute approximate surface area is 104 Å². The third-order valence-electron chi connectivity index (χ3n) is 3.54. The quantitative estimate of drug-likeness (QED) is 0.818. The maximum atomic E-state index is 8.79. The highest BCUT2D eigenvalue weighted by molar-refractivity contribution is 5.23. The number of nitrogens with one attached hydrogen (secondary N) is 1. The van der Waals surface area contributed by atoms with Gasteiger partial charge in [-0.3, -0.25) is 0 Å². The minimum Gasteiger partial charge on any atom is -0.396 e. The highest BCUT2D eigenvalue weighted by Crippen LogP contribution is 2.14. The molecule has 1 aromatic rings. The molecule has 1 aromatic carbocycles. The zero-order valence-corrected chi connectivity index (χ0v) is 10.5. The van der Waals surface area contributed by atoms with Crippen molar-refractivity contribution in [2.75, 3.05) is 13.2 Å². The van der Waals surface area contributed by atoms with Gasteiger partial charge in [0.25, 0.3) is 0 Å². The topological polar surface area (TPSA) is 32.3 Å². The number of hydrogen-bond donors (Lipinski definition) is 2. The summed E-state index contributed by atoms with van der Waals surface area (Å²) in [5.74, 6) is 0. The monoisotopic (exact) mass is 233 g/mol. The largest absolute Gasteiger partial charge is 0.396 e. The van der Waals surface area contributed by atoms with Crippen LogP contribution < -0.4 is 5.32 Å². The zero-order valence-electron chi connectivity index (χ0n) is 10.5. The van der Waals surface area contributed by atoms with Gasteiger partial charge in [-0.1, -0.05) is 30.7 Å². The van der Waals surface area contributed by atoms with E-state index in [0.29, 0.717) is 6.04 Å². The molecule has 0 aromatic heterocycles. The average Bonchev–Trinajstić information content (AvgIpc) is 2.39. The summed E-state index contributed by atoms with van der Waals surface area (Å²) in [6, 6.07) is 9.56. The first kappa shape index (κ1) is 12.6. The third kappa shape index (κ3) is 4.14. The van der Waals surface area contributed by atoms with Gasteiger partial charge in [-0.25, -0.2) is 0 Å². The lowest BCUT2D eigenvalue weighted by Crippen LogP contribution is -2.35. The van der Waals surface area contributed by atoms with Crippen LogP contribution in [-0.4, -0.2) is 24.3 Å². The van der Waals surface area contributed by atoms with Crippen LogP contribution in [0.15, 0.2) is 24.3 Å². The minimum atomic E-state index is 0.285. The predicted octanol–water partition coefficient (Wildman–Crippen LogP) is 2.30. The van der Waals surface area contributed by atoms with Gasteiger partial charge in [0.15, 0.2) is 0 Å². The second kappa shape index (κ2) is 6.77. The first-order chi connectivity index (χ1) is 8.38. The number of aliphatic hydroxyl groups is 1. The second-order valence-electron chi connectivity index (χ2n) is 4.99. The summed E-state index contributed by atoms with van der Waals surface area (Å²) in [5, 5.41) is 12.4. The summed E-state index contributed by atoms with van der Waals surface area (Å²) in [6.07, 6.45) is 7.01. The standard InChI is InChI=1S/C15H23NO/c17-11-3-4-13-6-8-14(9-7-13)12-15-5-1-2-10-16-15/h6-9,15-17H,1-5,10-12H2. The van der Waals surface area contributed by atoms with Crippen molar-refractivity contribution in [2.45, 2.75) is 44.6 Å². The van der Waals surface area contributed by atoms with Crippen LogP contribution in [0.2, 0.25) is 0 Å². The summed E-state index contributed by atoms with van der Waals surface area (Å²) in [5.41, 5.74) is 2.76. The van der Waals surface area contributed by atoms with Crippen molar-refractivity contribution in [3.63, 3.8) is 0 Å². The molecule has 17 heavy (non-hydrogen) atoms. The molecule has 2 heteroatoms. The molecule has 0 bridgehead atoms. The van der Waals surface area contributed by atoms with E-state index in [-0.39, 0.29) is 6.61 Å². The van der Waals surface area contributed by atoms with Crippen LogP contribution in [0.5, 0.6) is 0 Å². The van der Waals surface area contributed by atoms with Gasteiger partial charge in [0, 0.05) is 12.6 Å². The van der Waals surface area contributed by atoms with Crippen molar-refractivity contribution in [1.82, 2.24) is 5.32 Å². The van der Waals surface area contributed by atoms with E-state index in [1.54, 1.807) is 0 Å². The summed E-state index contributed by atoms with van der Waals surface area (Å²) in [7, 11) is 0. The summed E-state index contributed by atoms with van der Waals surface area (Å²) >= 11 is 0. The highest BCUT2D eigenvalue weighted by atomic mass is 16.2. The fourth-order valence-electron chi connectivity index (χ4n) is 2.51. The molecule has 0 amide bonds. The van der Waals surface area contributed by atoms with Crippen LogP contribution in [0.3, 0.4) is 0 Å². The van der Waals surface area contributed by atoms with Crippen molar-refractivity contribution >= 4 is 0 Å². The van der Waals surface area contributed by atoms with E-state index in [2.05, 4.69) is 29.6 Å². The van der Waals surface area contributed by atoms with E-state index < -0.39 is 0 Å². The number of aliphatic hydroxyl groups excluding tert-OH is 1. The molecule has 0 radical (unpaired) electrons. The Hall–Kier alpha value is -0.860. The molecule has 1 atom stereocenters. The van der Waals surface area contributed by atoms with Gasteiger partial charge in [0.05, 0.1) is 0 Å². The summed E-state index contributed by atoms with van der Waals surface area (Å²) in [6.45, 7) is 1.47. The first-order valence-corrected chi connectivity index (χ1v) is 6.80. The Balaban J connectivity index is 1.84. The molecule has 94 valence electrons. The van der Waals surface area contributed by atoms with Gasteiger partial charge in [0.1, 0.15) is 0 Å². The number of rotatable bonds is 5. The van der Waals surface area contributed by atoms with Crippen molar-refractivity contribution < 1.29 is 5.11 Å². The van der Waals surface area contributed by atoms with Crippen LogP contribution >= 0.6 is 0 Å². The molecular formula is C15H23NO. The molecule has 1 aliphatic heterocycles. The molecule has 2 N–H and O–H groups in total. The van der Waals surface area contributed by atoms with Gasteiger partial charge in [0.2, 0.25) is 0 Å². The lowest BCUT2D eigenvalue weighted by molar-refractivity contribution is 0.288. The maximum absolute atomic E-state index is 8.79. The van der Waals surface area contributed by atoms with E-state index in [1.165, 1.54) is 36.9 Å². The van der Waals surface area contributed by atoms with Gasteiger partial charge in [-0.05, 0) is 49.8 Å². The molecule has 0 saturated carbocycles. The van der Waals surface area contributed by atoms with E-state index >= 15 is 0 Å². The first-order valence-electron chi connectivity index (χ1n) is 6.80. The summed E-state index contributed by atoms with van der Waals surface area (Å²) < 4.78 is 0. The molecule has 0 spiro atoms. The van der Waals surface area contributed by atoms with Crippen LogP contribution in [0.1, 0.15) is 36.8 Å². The van der Waals surface area contributed by atoms with E-state index in [0.717, 1.165) is 19.3 Å². The van der Waals surface area contributed by atoms with E-state index in [4.69, 9.17) is 5.11 Å². The molecular weight excluding hydrogens is 210 g/mol. The lowest BCUT2D eigenvalue weighted by Gasteiger charge is -2.23. The minimum absolute atomic E-state index is 0.285. The van der Waals surface area contributed by atoms with Gasteiger partial charge < -0.3 is 10.4 Å². The SMILES string of the molecule is OCCCc1ccc(CC2CCCCN2)cc1. The Morgan fingerprint density at radius 3 is 2.53 bits per heavy atom. The molecule has 2 rings (SSSR count). The Bertz CT molecular complexity index is 314. The molecule has 2 nitrogen and oxygen atoms in total. The average molecular weight is 233 g/mol. The van der Waals surface area contributed by atoms with Crippen LogP contribution in [0.25, 0.3) is 0 Å². The Morgan fingerprint density at radius 1 is 1.12 bits per heavy atom. The molecule has 1 aliphatic rings. The predicted molar refractivity (Wildman–Crippen MR) is 71.2 cm³/mol. The van der Waals surface area contributed by atoms with Gasteiger partial charge in [-0.2, -0.15) is 0 Å². The van der Waals surface area contributed by atoms with Crippen molar-refractivity contribution in [3.05, 3.63) is 35.4 Å². The number of hydrogen-bond acceptors (Lipinski definition) is 2. The van der Waals surface area contributed by atoms with Crippen LogP contribution in [0.4, 0.5) is 0 Å². The molecule has 1 saturated heterocycles. The summed E-state index contributed by atoms with van der Waals surface area (Å²) in [4.78, 5) is 0. The van der Waals surface area contributed by atoms with Crippen molar-refractivity contribution in [1.29, 1.82) is 0 Å². The highest BCUT2D eigenvalue weighted by Gasteiger charge is 2.12. The van der Waals surface area contributed by atoms with Crippen LogP contribution in [0, 0.1) is 0 Å². The third-order valence-corrected chi connectivity index (χ3v) is 3.54. The fourth-order valence-corrected chi connectivity index (χ4v) is 2.51. The van der Waals surface area contributed by atoms with Gasteiger partial charge in [-0.15, -0.1) is 0 Å². The van der Waals surface area contributed by atoms with Crippen LogP contribution in [-0.2, 0) is 12.8 Å². The molecule has 1 unspecified atom stereocenters.